The summed E-state index contributed by atoms with van der Waals surface area (Å²) in [7, 11) is -2.79. The molecule has 0 fully saturated rings. The Morgan fingerprint density at radius 2 is 1.42 bits per heavy atom. The topological polar surface area (TPSA) is 18.8 Å². The quantitative estimate of drug-likeness (QED) is 0.147. The van der Waals surface area contributed by atoms with Gasteiger partial charge in [-0.2, -0.15) is 0 Å². The number of hydrogen-bond donors (Lipinski definition) is 0. The first kappa shape index (κ1) is 24.8. The van der Waals surface area contributed by atoms with Crippen molar-refractivity contribution in [3.63, 3.8) is 0 Å². The monoisotopic (exact) mass is 511 g/mol. The zero-order valence-electron chi connectivity index (χ0n) is 13.8. The van der Waals surface area contributed by atoms with Crippen molar-refractivity contribution in [2.24, 2.45) is 4.52 Å². The van der Waals surface area contributed by atoms with Crippen LogP contribution >= 0.6 is 89.6 Å². The number of rotatable bonds is 12. The zero-order chi connectivity index (χ0) is 18.0. The van der Waals surface area contributed by atoms with Crippen LogP contribution in [0, 0.1) is 0 Å². The molecular weight excluding hydrogens is 488 g/mol. The average molecular weight is 514 g/mol. The summed E-state index contributed by atoms with van der Waals surface area (Å²) in [5.41, 5.74) is 0. The smallest absolute Gasteiger partial charge is 0.205 e. The highest BCUT2D eigenvalue weighted by atomic mass is 35.7. The molecule has 0 aromatic heterocycles. The maximum atomic E-state index is 6.58. The van der Waals surface area contributed by atoms with Crippen LogP contribution in [0.25, 0.3) is 0 Å². The van der Waals surface area contributed by atoms with Gasteiger partial charge in [-0.3, -0.25) is 0 Å². The van der Waals surface area contributed by atoms with Gasteiger partial charge in [0.25, 0.3) is 0 Å². The first-order chi connectivity index (χ1) is 11.4. The predicted octanol–water partition coefficient (Wildman–Crippen LogP) is 10.7. The van der Waals surface area contributed by atoms with Gasteiger partial charge < -0.3 is 0 Å². The second-order valence-corrected chi connectivity index (χ2v) is 18.8. The summed E-state index contributed by atoms with van der Waals surface area (Å²) < 4.78 is 7.07. The zero-order valence-corrected chi connectivity index (χ0v) is 21.0. The lowest BCUT2D eigenvalue weighted by Crippen LogP contribution is -2.07. The molecule has 1 rings (SSSR count). The number of nitrogens with zero attached hydrogens (tertiary/aromatic N) is 3. The molecule has 0 amide bonds. The first-order valence-electron chi connectivity index (χ1n) is 8.22. The lowest BCUT2D eigenvalue weighted by Gasteiger charge is -2.36. The molecule has 3 unspecified atom stereocenters. The van der Waals surface area contributed by atoms with E-state index in [4.69, 9.17) is 57.3 Å². The van der Waals surface area contributed by atoms with Crippen LogP contribution in [0.4, 0.5) is 0 Å². The second kappa shape index (κ2) is 13.9. The number of unbranched alkanes of at least 4 members (excludes halogenated alkanes) is 9. The molecule has 0 radical (unpaired) electrons. The van der Waals surface area contributed by atoms with Crippen LogP contribution in [-0.4, -0.2) is 13.7 Å². The summed E-state index contributed by atoms with van der Waals surface area (Å²) in [6, 6.07) is 0. The van der Waals surface area contributed by atoms with E-state index in [-0.39, 0.29) is 0 Å². The maximum Gasteiger partial charge on any atom is 0.210 e. The molecule has 0 spiro atoms. The van der Waals surface area contributed by atoms with Crippen LogP contribution < -0.4 is 0 Å². The van der Waals surface area contributed by atoms with E-state index in [1.54, 1.807) is 11.4 Å². The Kier molecular flexibility index (Phi) is 14.4. The molecule has 1 aliphatic rings. The van der Waals surface area contributed by atoms with Gasteiger partial charge in [-0.1, -0.05) is 87.3 Å². The summed E-state index contributed by atoms with van der Waals surface area (Å²) in [6.07, 6.45) is 13.1. The van der Waals surface area contributed by atoms with Crippen molar-refractivity contribution >= 4 is 89.6 Å². The molecule has 24 heavy (non-hydrogen) atoms. The van der Waals surface area contributed by atoms with Crippen LogP contribution in [0.5, 0.6) is 0 Å². The molecule has 3 nitrogen and oxygen atoms in total. The van der Waals surface area contributed by atoms with Gasteiger partial charge >= 0.3 is 0 Å². The second-order valence-electron chi connectivity index (χ2n) is 5.54. The molecule has 0 aromatic rings. The highest BCUT2D eigenvalue weighted by Crippen LogP contribution is 2.88. The maximum absolute atomic E-state index is 6.58. The molecule has 1 heterocycles. The lowest BCUT2D eigenvalue weighted by molar-refractivity contribution is 0.563. The van der Waals surface area contributed by atoms with E-state index < -0.39 is 20.9 Å². The average Bonchev–Trinajstić information content (AvgIpc) is 2.56. The van der Waals surface area contributed by atoms with Crippen molar-refractivity contribution in [2.75, 3.05) is 5.75 Å². The summed E-state index contributed by atoms with van der Waals surface area (Å²) in [4.78, 5) is 0. The number of hydrogen-bond acceptors (Lipinski definition) is 4. The van der Waals surface area contributed by atoms with Crippen LogP contribution in [0.1, 0.15) is 71.1 Å². The van der Waals surface area contributed by atoms with Crippen LogP contribution in [-0.2, 0) is 0 Å². The van der Waals surface area contributed by atoms with Gasteiger partial charge in [0.05, 0.1) is 0 Å². The first-order valence-corrected chi connectivity index (χ1v) is 17.4. The van der Waals surface area contributed by atoms with Gasteiger partial charge in [-0.05, 0) is 52.5 Å². The predicted molar refractivity (Wildman–Crippen MR) is 120 cm³/mol. The van der Waals surface area contributed by atoms with Gasteiger partial charge in [-0.15, -0.1) is 7.92 Å². The van der Waals surface area contributed by atoms with E-state index in [0.29, 0.717) is 0 Å². The van der Waals surface area contributed by atoms with E-state index in [9.17, 15) is 0 Å². The third kappa shape index (κ3) is 8.87. The largest absolute Gasteiger partial charge is 0.210 e. The molecule has 144 valence electrons. The minimum absolute atomic E-state index is 0.920. The Hall–Kier alpha value is 2.81. The number of halogens is 5. The molecule has 0 bridgehead atoms. The normalized spacial score (nSPS) is 28.9. The Morgan fingerprint density at radius 1 is 0.917 bits per heavy atom. The molecule has 0 aliphatic carbocycles. The van der Waals surface area contributed by atoms with Gasteiger partial charge in [0.15, 0.2) is 13.3 Å². The van der Waals surface area contributed by atoms with Gasteiger partial charge in [0, 0.05) is 5.75 Å². The van der Waals surface area contributed by atoms with E-state index in [1.165, 1.54) is 65.7 Å². The molecule has 1 aliphatic heterocycles. The molecular formula is C12H25Cl5N3P3S. The van der Waals surface area contributed by atoms with Gasteiger partial charge in [0.2, 0.25) is 7.58 Å². The molecule has 3 atom stereocenters. The molecule has 0 N–H and O–H groups in total. The Bertz CT molecular complexity index is 410. The van der Waals surface area contributed by atoms with Crippen molar-refractivity contribution in [1.29, 1.82) is 0 Å². The summed E-state index contributed by atoms with van der Waals surface area (Å²) in [6.45, 7) is 2.25. The van der Waals surface area contributed by atoms with E-state index >= 15 is 0 Å². The Labute approximate surface area is 178 Å². The van der Waals surface area contributed by atoms with Crippen molar-refractivity contribution < 1.29 is 0 Å². The summed E-state index contributed by atoms with van der Waals surface area (Å²) in [5, 5.41) is 0. The van der Waals surface area contributed by atoms with E-state index in [1.807, 2.05) is 0 Å². The lowest BCUT2D eigenvalue weighted by atomic mass is 10.1. The minimum Gasteiger partial charge on any atom is -0.205 e. The van der Waals surface area contributed by atoms with Crippen LogP contribution in [0.3, 0.4) is 0 Å². The Morgan fingerprint density at radius 3 is 1.96 bits per heavy atom. The highest BCUT2D eigenvalue weighted by Gasteiger charge is 2.43. The van der Waals surface area contributed by atoms with Crippen molar-refractivity contribution in [3.8, 4) is 0 Å². The fraction of sp³-hybridized carbons (Fsp3) is 1.00. The molecule has 0 saturated heterocycles. The van der Waals surface area contributed by atoms with Gasteiger partial charge in [-0.25, -0.2) is 4.52 Å². The fourth-order valence-corrected chi connectivity index (χ4v) is 18.6. The summed E-state index contributed by atoms with van der Waals surface area (Å²) in [5.74, 6) is -1.48. The summed E-state index contributed by atoms with van der Waals surface area (Å²) >= 11 is 32.7. The van der Waals surface area contributed by atoms with E-state index in [0.717, 1.165) is 12.2 Å². The molecule has 12 heteroatoms. The SMILES string of the molecule is CCCCCCCCCCCCSP1(Cl)=NP(Cl)N(Cl)P(Cl)N1Cl. The highest BCUT2D eigenvalue weighted by molar-refractivity contribution is 8.67. The van der Waals surface area contributed by atoms with Crippen molar-refractivity contribution in [1.82, 2.24) is 7.92 Å². The third-order valence-corrected chi connectivity index (χ3v) is 20.7. The Balaban J connectivity index is 2.13. The van der Waals surface area contributed by atoms with Crippen molar-refractivity contribution in [3.05, 3.63) is 0 Å². The van der Waals surface area contributed by atoms with Crippen molar-refractivity contribution in [2.45, 2.75) is 71.1 Å². The standard InChI is InChI=1S/C12H25Cl5N3P3S/c1-2-3-4-5-6-7-8-9-10-11-12-24-23(17)18-21(15)19(13)22(16)20(23)14/h2-12H2,1H3. The fourth-order valence-electron chi connectivity index (χ4n) is 2.21. The van der Waals surface area contributed by atoms with Crippen LogP contribution in [0.2, 0.25) is 0 Å². The molecule has 0 saturated carbocycles. The van der Waals surface area contributed by atoms with Gasteiger partial charge in [0.1, 0.15) is 0 Å². The minimum atomic E-state index is -2.40. The molecule has 0 aromatic carbocycles. The van der Waals surface area contributed by atoms with Crippen LogP contribution in [0.15, 0.2) is 4.52 Å². The van der Waals surface area contributed by atoms with E-state index in [2.05, 4.69) is 11.4 Å². The third-order valence-electron chi connectivity index (χ3n) is 3.55.